The van der Waals surface area contributed by atoms with Crippen LogP contribution in [0.15, 0.2) is 60.8 Å². The molecule has 2 atom stereocenters. The second kappa shape index (κ2) is 12.2. The summed E-state index contributed by atoms with van der Waals surface area (Å²) in [5.41, 5.74) is 4.88. The van der Waals surface area contributed by atoms with Gasteiger partial charge in [0.2, 0.25) is 0 Å². The molecule has 2 aromatic carbocycles. The first-order chi connectivity index (χ1) is 21.0. The maximum Gasteiger partial charge on any atom is 0.270 e. The van der Waals surface area contributed by atoms with Gasteiger partial charge in [-0.05, 0) is 87.1 Å². The Labute approximate surface area is 254 Å². The fraction of sp³-hybridized carbons (Fsp3) is 0.273. The molecule has 0 fully saturated rings. The van der Waals surface area contributed by atoms with E-state index in [0.717, 1.165) is 33.1 Å². The fourth-order valence-corrected chi connectivity index (χ4v) is 5.44. The van der Waals surface area contributed by atoms with E-state index < -0.39 is 23.7 Å². The minimum absolute atomic E-state index is 0.0389. The number of fused-ring (bicyclic) bond motifs is 2. The summed E-state index contributed by atoms with van der Waals surface area (Å²) >= 11 is 0. The van der Waals surface area contributed by atoms with Crippen LogP contribution in [0.1, 0.15) is 59.8 Å². The molecule has 1 aliphatic heterocycles. The van der Waals surface area contributed by atoms with Crippen LogP contribution in [0.2, 0.25) is 0 Å². The zero-order chi connectivity index (χ0) is 31.7. The van der Waals surface area contributed by atoms with Crippen LogP contribution < -0.4 is 20.7 Å². The van der Waals surface area contributed by atoms with E-state index >= 15 is 0 Å². The van der Waals surface area contributed by atoms with Gasteiger partial charge in [-0.3, -0.25) is 14.4 Å². The summed E-state index contributed by atoms with van der Waals surface area (Å²) < 4.78 is 21.0. The highest BCUT2D eigenvalue weighted by molar-refractivity contribution is 6.16. The second-order valence-electron chi connectivity index (χ2n) is 10.9. The predicted octanol–water partition coefficient (Wildman–Crippen LogP) is 4.79. The number of anilines is 1. The van der Waals surface area contributed by atoms with Gasteiger partial charge in [-0.1, -0.05) is 24.8 Å². The van der Waals surface area contributed by atoms with E-state index in [-0.39, 0.29) is 41.2 Å². The number of nitrogens with one attached hydrogen (secondary N) is 3. The van der Waals surface area contributed by atoms with Crippen LogP contribution in [0.25, 0.3) is 11.5 Å². The lowest BCUT2D eigenvalue weighted by Gasteiger charge is -2.23. The molecule has 5 rings (SSSR count). The van der Waals surface area contributed by atoms with Gasteiger partial charge in [-0.15, -0.1) is 0 Å². The van der Waals surface area contributed by atoms with Crippen LogP contribution in [0, 0.1) is 19.7 Å². The number of rotatable bonds is 8. The van der Waals surface area contributed by atoms with Crippen molar-refractivity contribution in [2.45, 2.75) is 59.2 Å². The van der Waals surface area contributed by atoms with Crippen molar-refractivity contribution >= 4 is 34.9 Å². The number of allylic oxidation sites excluding steroid dienone is 1. The van der Waals surface area contributed by atoms with Crippen molar-refractivity contribution in [2.24, 2.45) is 0 Å². The van der Waals surface area contributed by atoms with E-state index in [1.54, 1.807) is 38.1 Å². The van der Waals surface area contributed by atoms with E-state index in [9.17, 15) is 23.9 Å². The molecule has 0 bridgehead atoms. The normalized spacial score (nSPS) is 17.7. The molecule has 4 N–H and O–H groups in total. The Balaban J connectivity index is 1.34. The molecule has 0 radical (unpaired) electrons. The van der Waals surface area contributed by atoms with Crippen molar-refractivity contribution in [3.8, 4) is 5.75 Å². The highest BCUT2D eigenvalue weighted by Gasteiger charge is 2.29. The fourth-order valence-electron chi connectivity index (χ4n) is 5.44. The first-order valence-corrected chi connectivity index (χ1v) is 14.3. The molecular weight excluding hydrogens is 565 g/mol. The SMILES string of the molecule is C=C(/C=C(/C(=O)NC1CCc2c1ccc(/C(O)=C\C)c2C)n1ncc(F)c1C)C(=O)NCc1ccc2c(c1)NC(=O)C(C)O2. The lowest BCUT2D eigenvalue weighted by atomic mass is 9.96. The maximum atomic E-state index is 14.3. The number of amides is 3. The summed E-state index contributed by atoms with van der Waals surface area (Å²) in [7, 11) is 0. The smallest absolute Gasteiger partial charge is 0.270 e. The summed E-state index contributed by atoms with van der Waals surface area (Å²) in [4.78, 5) is 38.7. The predicted molar refractivity (Wildman–Crippen MR) is 164 cm³/mol. The number of hydrogen-bond donors (Lipinski definition) is 4. The van der Waals surface area contributed by atoms with E-state index in [4.69, 9.17) is 4.74 Å². The van der Waals surface area contributed by atoms with Gasteiger partial charge < -0.3 is 25.8 Å². The number of aliphatic hydroxyl groups excluding tert-OH is 1. The Bertz CT molecular complexity index is 1750. The third-order valence-electron chi connectivity index (χ3n) is 7.99. The number of halogens is 1. The summed E-state index contributed by atoms with van der Waals surface area (Å²) in [6, 6.07) is 8.57. The minimum atomic E-state index is -0.602. The molecular formula is C33H34FN5O5. The topological polar surface area (TPSA) is 135 Å². The van der Waals surface area contributed by atoms with Crippen LogP contribution in [-0.4, -0.2) is 38.7 Å². The van der Waals surface area contributed by atoms with Crippen LogP contribution in [0.4, 0.5) is 10.1 Å². The van der Waals surface area contributed by atoms with Crippen molar-refractivity contribution in [3.63, 3.8) is 0 Å². The Kier molecular flexibility index (Phi) is 8.39. The molecule has 2 aliphatic rings. The molecule has 3 amide bonds. The molecule has 11 heteroatoms. The van der Waals surface area contributed by atoms with Gasteiger partial charge in [0, 0.05) is 17.7 Å². The van der Waals surface area contributed by atoms with Crippen LogP contribution in [-0.2, 0) is 27.3 Å². The van der Waals surface area contributed by atoms with Gasteiger partial charge in [0.15, 0.2) is 11.9 Å². The zero-order valence-corrected chi connectivity index (χ0v) is 25.0. The average molecular weight is 600 g/mol. The molecule has 0 saturated carbocycles. The van der Waals surface area contributed by atoms with E-state index in [0.29, 0.717) is 29.8 Å². The molecule has 1 aliphatic carbocycles. The van der Waals surface area contributed by atoms with Crippen LogP contribution in [0.5, 0.6) is 5.75 Å². The number of nitrogens with zero attached hydrogens (tertiary/aromatic N) is 2. The number of aromatic nitrogens is 2. The number of aliphatic hydroxyl groups is 1. The Hall–Kier alpha value is -5.19. The molecule has 1 aromatic heterocycles. The minimum Gasteiger partial charge on any atom is -0.508 e. The highest BCUT2D eigenvalue weighted by atomic mass is 19.1. The van der Waals surface area contributed by atoms with Crippen molar-refractivity contribution < 1.29 is 28.6 Å². The number of hydrogen-bond acceptors (Lipinski definition) is 6. The number of ether oxygens (including phenoxy) is 1. The van der Waals surface area contributed by atoms with Crippen molar-refractivity contribution in [1.82, 2.24) is 20.4 Å². The average Bonchev–Trinajstić information content (AvgIpc) is 3.57. The van der Waals surface area contributed by atoms with Crippen LogP contribution in [0.3, 0.4) is 0 Å². The molecule has 44 heavy (non-hydrogen) atoms. The lowest BCUT2D eigenvalue weighted by Crippen LogP contribution is -2.34. The van der Waals surface area contributed by atoms with Gasteiger partial charge in [0.05, 0.1) is 23.6 Å². The van der Waals surface area contributed by atoms with E-state index in [1.807, 2.05) is 19.1 Å². The van der Waals surface area contributed by atoms with Gasteiger partial charge in [-0.2, -0.15) is 5.10 Å². The van der Waals surface area contributed by atoms with E-state index in [1.165, 1.54) is 13.0 Å². The van der Waals surface area contributed by atoms with Gasteiger partial charge in [0.25, 0.3) is 17.7 Å². The van der Waals surface area contributed by atoms with E-state index in [2.05, 4.69) is 27.6 Å². The summed E-state index contributed by atoms with van der Waals surface area (Å²) in [6.45, 7) is 10.8. The molecule has 3 aromatic rings. The second-order valence-corrected chi connectivity index (χ2v) is 10.9. The summed E-state index contributed by atoms with van der Waals surface area (Å²) in [6.07, 6.45) is 4.66. The van der Waals surface area contributed by atoms with Gasteiger partial charge in [0.1, 0.15) is 17.2 Å². The standard InChI is InChI=1S/C33H34FN5O5/c1-6-29(40)23-8-9-24-22(18(23)3)10-11-26(24)37-33(43)28(39-19(4)25(34)16-36-39)13-17(2)31(41)35-15-21-7-12-30-27(14-21)38-32(42)20(5)44-30/h6-9,12-14,16,20,26,40H,2,10-11,15H2,1,3-5H3,(H,35,41)(H,37,43)(H,38,42)/b28-13-,29-6+. The highest BCUT2D eigenvalue weighted by Crippen LogP contribution is 2.36. The quantitative estimate of drug-likeness (QED) is 0.167. The first kappa shape index (κ1) is 30.3. The molecule has 0 saturated heterocycles. The monoisotopic (exact) mass is 599 g/mol. The summed E-state index contributed by atoms with van der Waals surface area (Å²) in [5.74, 6) is -1.24. The Morgan fingerprint density at radius 1 is 1.25 bits per heavy atom. The van der Waals surface area contributed by atoms with Gasteiger partial charge >= 0.3 is 0 Å². The molecule has 2 heterocycles. The molecule has 2 unspecified atom stereocenters. The van der Waals surface area contributed by atoms with Crippen molar-refractivity contribution in [1.29, 1.82) is 0 Å². The first-order valence-electron chi connectivity index (χ1n) is 14.3. The number of carbonyl (C=O) groups is 3. The number of benzene rings is 2. The number of carbonyl (C=O) groups excluding carboxylic acids is 3. The zero-order valence-electron chi connectivity index (χ0n) is 25.0. The molecule has 0 spiro atoms. The Morgan fingerprint density at radius 2 is 2.02 bits per heavy atom. The van der Waals surface area contributed by atoms with Crippen molar-refractivity contribution in [3.05, 3.63) is 100 Å². The molecule has 228 valence electrons. The maximum absolute atomic E-state index is 14.3. The van der Waals surface area contributed by atoms with Crippen molar-refractivity contribution in [2.75, 3.05) is 5.32 Å². The largest absolute Gasteiger partial charge is 0.508 e. The Morgan fingerprint density at radius 3 is 2.73 bits per heavy atom. The lowest BCUT2D eigenvalue weighted by molar-refractivity contribution is -0.122. The third-order valence-corrected chi connectivity index (χ3v) is 7.99. The third kappa shape index (κ3) is 5.85. The van der Waals surface area contributed by atoms with Gasteiger partial charge in [-0.25, -0.2) is 9.07 Å². The molecule has 10 nitrogen and oxygen atoms in total. The van der Waals surface area contributed by atoms with Crippen LogP contribution >= 0.6 is 0 Å². The summed E-state index contributed by atoms with van der Waals surface area (Å²) in [5, 5.41) is 22.8.